The van der Waals surface area contributed by atoms with Crippen LogP contribution in [0.2, 0.25) is 5.02 Å². The predicted molar refractivity (Wildman–Crippen MR) is 92.4 cm³/mol. The minimum absolute atomic E-state index is 0.326. The lowest BCUT2D eigenvalue weighted by atomic mass is 10.1. The van der Waals surface area contributed by atoms with Crippen molar-refractivity contribution in [2.45, 2.75) is 0 Å². The molecule has 0 unspecified atom stereocenters. The average molecular weight is 319 g/mol. The molecule has 1 heterocycles. The summed E-state index contributed by atoms with van der Waals surface area (Å²) in [7, 11) is 0. The van der Waals surface area contributed by atoms with Gasteiger partial charge in [-0.1, -0.05) is 23.8 Å². The first-order valence-electron chi connectivity index (χ1n) is 5.97. The molecule has 0 radical (unpaired) electrons. The van der Waals surface area contributed by atoms with Gasteiger partial charge >= 0.3 is 0 Å². The summed E-state index contributed by atoms with van der Waals surface area (Å²) in [6, 6.07) is 13.8. The third kappa shape index (κ3) is 2.63. The summed E-state index contributed by atoms with van der Waals surface area (Å²) in [6.07, 6.45) is 0. The fourth-order valence-corrected chi connectivity index (χ4v) is 3.14. The Balaban J connectivity index is 1.99. The molecule has 1 aromatic heterocycles. The summed E-state index contributed by atoms with van der Waals surface area (Å²) in [4.78, 5) is 0.326. The Morgan fingerprint density at radius 2 is 2.00 bits per heavy atom. The first-order valence-corrected chi connectivity index (χ1v) is 7.64. The van der Waals surface area contributed by atoms with Crippen LogP contribution < -0.4 is 11.1 Å². The Kier molecular flexibility index (Phi) is 3.61. The van der Waals surface area contributed by atoms with Gasteiger partial charge in [0, 0.05) is 26.7 Å². The van der Waals surface area contributed by atoms with Crippen LogP contribution in [0.3, 0.4) is 0 Å². The molecule has 5 heteroatoms. The van der Waals surface area contributed by atoms with Crippen LogP contribution in [0.15, 0.2) is 47.8 Å². The number of anilines is 2. The van der Waals surface area contributed by atoms with E-state index in [2.05, 4.69) is 28.9 Å². The predicted octanol–water partition coefficient (Wildman–Crippen LogP) is 4.93. The molecule has 0 fully saturated rings. The standard InChI is InChI=1S/C15H11ClN2S2/c16-10-1-3-13(12(8-10)15(17)19)18-11-2-4-14-9(7-11)5-6-20-14/h1-8,18H,(H2,17,19). The van der Waals surface area contributed by atoms with E-state index in [0.29, 0.717) is 10.0 Å². The number of rotatable bonds is 3. The Bertz CT molecular complexity index is 795. The highest BCUT2D eigenvalue weighted by Gasteiger charge is 2.07. The van der Waals surface area contributed by atoms with Crippen molar-refractivity contribution in [3.63, 3.8) is 0 Å². The molecule has 0 aliphatic rings. The molecule has 0 atom stereocenters. The second-order valence-corrected chi connectivity index (χ2v) is 6.18. The van der Waals surface area contributed by atoms with Crippen molar-refractivity contribution in [3.8, 4) is 0 Å². The van der Waals surface area contributed by atoms with Crippen molar-refractivity contribution in [2.24, 2.45) is 5.73 Å². The van der Waals surface area contributed by atoms with E-state index in [1.165, 1.54) is 10.1 Å². The highest BCUT2D eigenvalue weighted by atomic mass is 35.5. The van der Waals surface area contributed by atoms with Crippen molar-refractivity contribution in [1.29, 1.82) is 0 Å². The largest absolute Gasteiger partial charge is 0.389 e. The quantitative estimate of drug-likeness (QED) is 0.672. The van der Waals surface area contributed by atoms with Crippen LogP contribution in [0.4, 0.5) is 11.4 Å². The molecule has 0 saturated carbocycles. The SMILES string of the molecule is NC(=S)c1cc(Cl)ccc1Nc1ccc2sccc2c1. The van der Waals surface area contributed by atoms with Crippen molar-refractivity contribution >= 4 is 61.6 Å². The maximum atomic E-state index is 5.99. The summed E-state index contributed by atoms with van der Waals surface area (Å²) < 4.78 is 1.27. The van der Waals surface area contributed by atoms with Crippen LogP contribution in [0, 0.1) is 0 Å². The van der Waals surface area contributed by atoms with Gasteiger partial charge < -0.3 is 11.1 Å². The summed E-state index contributed by atoms with van der Waals surface area (Å²) in [5.74, 6) is 0. The molecule has 0 bridgehead atoms. The Morgan fingerprint density at radius 1 is 1.15 bits per heavy atom. The smallest absolute Gasteiger partial charge is 0.106 e. The zero-order valence-corrected chi connectivity index (χ0v) is 12.8. The monoisotopic (exact) mass is 318 g/mol. The van der Waals surface area contributed by atoms with Gasteiger partial charge in [0.25, 0.3) is 0 Å². The van der Waals surface area contributed by atoms with Gasteiger partial charge in [-0.25, -0.2) is 0 Å². The highest BCUT2D eigenvalue weighted by Crippen LogP contribution is 2.28. The average Bonchev–Trinajstić information content (AvgIpc) is 2.88. The van der Waals surface area contributed by atoms with Crippen LogP contribution in [0.5, 0.6) is 0 Å². The van der Waals surface area contributed by atoms with E-state index < -0.39 is 0 Å². The van der Waals surface area contributed by atoms with Crippen molar-refractivity contribution in [3.05, 3.63) is 58.4 Å². The van der Waals surface area contributed by atoms with Gasteiger partial charge in [-0.3, -0.25) is 0 Å². The number of nitrogens with two attached hydrogens (primary N) is 1. The molecule has 0 spiro atoms. The molecule has 0 aliphatic carbocycles. The maximum absolute atomic E-state index is 5.99. The third-order valence-electron chi connectivity index (χ3n) is 2.98. The molecule has 2 nitrogen and oxygen atoms in total. The second-order valence-electron chi connectivity index (χ2n) is 4.35. The number of thiocarbonyl (C=S) groups is 1. The van der Waals surface area contributed by atoms with Crippen molar-refractivity contribution in [1.82, 2.24) is 0 Å². The Morgan fingerprint density at radius 3 is 2.80 bits per heavy atom. The van der Waals surface area contributed by atoms with E-state index in [4.69, 9.17) is 29.6 Å². The van der Waals surface area contributed by atoms with Gasteiger partial charge in [-0.2, -0.15) is 0 Å². The Labute approximate surface area is 131 Å². The van der Waals surface area contributed by atoms with Gasteiger partial charge in [0.2, 0.25) is 0 Å². The molecule has 0 amide bonds. The summed E-state index contributed by atoms with van der Waals surface area (Å²) in [5, 5.41) is 7.25. The molecule has 3 rings (SSSR count). The number of hydrogen-bond acceptors (Lipinski definition) is 3. The highest BCUT2D eigenvalue weighted by molar-refractivity contribution is 7.80. The molecule has 3 N–H and O–H groups in total. The van der Waals surface area contributed by atoms with Gasteiger partial charge in [-0.15, -0.1) is 11.3 Å². The fourth-order valence-electron chi connectivity index (χ4n) is 2.03. The van der Waals surface area contributed by atoms with Gasteiger partial charge in [0.05, 0.1) is 0 Å². The number of fused-ring (bicyclic) bond motifs is 1. The first-order chi connectivity index (χ1) is 9.63. The summed E-state index contributed by atoms with van der Waals surface area (Å²) in [5.41, 5.74) is 8.35. The molecule has 3 aromatic rings. The van der Waals surface area contributed by atoms with E-state index >= 15 is 0 Å². The van der Waals surface area contributed by atoms with Crippen LogP contribution in [-0.4, -0.2) is 4.99 Å². The second kappa shape index (κ2) is 5.40. The van der Waals surface area contributed by atoms with Crippen LogP contribution >= 0.6 is 35.2 Å². The third-order valence-corrected chi connectivity index (χ3v) is 4.33. The number of benzene rings is 2. The van der Waals surface area contributed by atoms with E-state index in [1.54, 1.807) is 17.4 Å². The first kappa shape index (κ1) is 13.4. The number of nitrogens with one attached hydrogen (secondary N) is 1. The lowest BCUT2D eigenvalue weighted by molar-refractivity contribution is 1.54. The molecular formula is C15H11ClN2S2. The molecule has 0 aliphatic heterocycles. The molecule has 100 valence electrons. The van der Waals surface area contributed by atoms with Crippen LogP contribution in [0.25, 0.3) is 10.1 Å². The van der Waals surface area contributed by atoms with Crippen LogP contribution in [-0.2, 0) is 0 Å². The summed E-state index contributed by atoms with van der Waals surface area (Å²) in [6.45, 7) is 0. The topological polar surface area (TPSA) is 38.0 Å². The van der Waals surface area contributed by atoms with Gasteiger partial charge in [0.1, 0.15) is 4.99 Å². The number of hydrogen-bond donors (Lipinski definition) is 2. The summed E-state index contributed by atoms with van der Waals surface area (Å²) >= 11 is 12.8. The van der Waals surface area contributed by atoms with E-state index in [1.807, 2.05) is 18.2 Å². The number of thiophene rings is 1. The minimum atomic E-state index is 0.326. The van der Waals surface area contributed by atoms with Crippen molar-refractivity contribution < 1.29 is 0 Å². The number of halogens is 1. The normalized spacial score (nSPS) is 10.7. The zero-order chi connectivity index (χ0) is 14.1. The van der Waals surface area contributed by atoms with Crippen molar-refractivity contribution in [2.75, 3.05) is 5.32 Å². The minimum Gasteiger partial charge on any atom is -0.389 e. The van der Waals surface area contributed by atoms with E-state index in [9.17, 15) is 0 Å². The maximum Gasteiger partial charge on any atom is 0.106 e. The Hall–Kier alpha value is -1.62. The van der Waals surface area contributed by atoms with E-state index in [-0.39, 0.29) is 0 Å². The van der Waals surface area contributed by atoms with Gasteiger partial charge in [0.15, 0.2) is 0 Å². The molecular weight excluding hydrogens is 308 g/mol. The zero-order valence-electron chi connectivity index (χ0n) is 10.4. The fraction of sp³-hybridized carbons (Fsp3) is 0. The van der Waals surface area contributed by atoms with E-state index in [0.717, 1.165) is 16.9 Å². The lowest BCUT2D eigenvalue weighted by Crippen LogP contribution is -2.11. The van der Waals surface area contributed by atoms with Crippen LogP contribution in [0.1, 0.15) is 5.56 Å². The molecule has 20 heavy (non-hydrogen) atoms. The van der Waals surface area contributed by atoms with Gasteiger partial charge in [-0.05, 0) is 53.2 Å². The molecule has 2 aromatic carbocycles. The molecule has 0 saturated heterocycles. The lowest BCUT2D eigenvalue weighted by Gasteiger charge is -2.12.